The van der Waals surface area contributed by atoms with Crippen LogP contribution < -0.4 is 5.32 Å². The van der Waals surface area contributed by atoms with Gasteiger partial charge in [0.05, 0.1) is 7.11 Å². The molecule has 2 aromatic rings. The van der Waals surface area contributed by atoms with Crippen LogP contribution in [0.4, 0.5) is 10.1 Å². The topological polar surface area (TPSA) is 38.3 Å². The summed E-state index contributed by atoms with van der Waals surface area (Å²) in [5.41, 5.74) is 1.15. The van der Waals surface area contributed by atoms with Gasteiger partial charge in [0.15, 0.2) is 6.04 Å². The molecular weight excluding hydrogens is 361 g/mol. The third-order valence-electron chi connectivity index (χ3n) is 2.88. The molecule has 1 N–H and O–H groups in total. The van der Waals surface area contributed by atoms with Gasteiger partial charge in [-0.3, -0.25) is 0 Å². The van der Waals surface area contributed by atoms with E-state index in [1.165, 1.54) is 19.2 Å². The number of benzene rings is 2. The summed E-state index contributed by atoms with van der Waals surface area (Å²) < 4.78 is 18.7. The van der Waals surface area contributed by atoms with Crippen LogP contribution in [0.3, 0.4) is 0 Å². The molecule has 2 aromatic carbocycles. The number of anilines is 1. The average molecular weight is 373 g/mol. The summed E-state index contributed by atoms with van der Waals surface area (Å²) in [6, 6.07) is 10.4. The molecule has 0 bridgehead atoms. The molecule has 0 aliphatic carbocycles. The van der Waals surface area contributed by atoms with Crippen molar-refractivity contribution >= 4 is 39.2 Å². The fourth-order valence-electron chi connectivity index (χ4n) is 1.85. The summed E-state index contributed by atoms with van der Waals surface area (Å²) in [4.78, 5) is 12.0. The molecule has 0 aromatic heterocycles. The Bertz CT molecular complexity index is 666. The molecule has 1 unspecified atom stereocenters. The highest BCUT2D eigenvalue weighted by atomic mass is 79.9. The number of esters is 1. The van der Waals surface area contributed by atoms with E-state index in [1.807, 2.05) is 18.2 Å². The number of para-hydroxylation sites is 1. The van der Waals surface area contributed by atoms with Crippen molar-refractivity contribution in [3.8, 4) is 0 Å². The normalized spacial score (nSPS) is 11.8. The molecule has 3 nitrogen and oxygen atoms in total. The quantitative estimate of drug-likeness (QED) is 0.799. The number of nitrogens with one attached hydrogen (secondary N) is 1. The predicted octanol–water partition coefficient (Wildman–Crippen LogP) is 4.57. The van der Waals surface area contributed by atoms with Gasteiger partial charge in [-0.2, -0.15) is 0 Å². The maximum atomic E-state index is 13.2. The number of methoxy groups -OCH3 is 1. The van der Waals surface area contributed by atoms with Gasteiger partial charge in [0.1, 0.15) is 5.82 Å². The molecule has 0 radical (unpaired) electrons. The van der Waals surface area contributed by atoms with Crippen molar-refractivity contribution < 1.29 is 13.9 Å². The number of carbonyl (C=O) groups is 1. The van der Waals surface area contributed by atoms with Crippen LogP contribution in [0.25, 0.3) is 0 Å². The monoisotopic (exact) mass is 371 g/mol. The fraction of sp³-hybridized carbons (Fsp3) is 0.133. The molecule has 0 spiro atoms. The molecule has 0 aliphatic heterocycles. The van der Waals surface area contributed by atoms with Gasteiger partial charge in [0.25, 0.3) is 0 Å². The van der Waals surface area contributed by atoms with E-state index >= 15 is 0 Å². The highest BCUT2D eigenvalue weighted by Gasteiger charge is 2.24. The Balaban J connectivity index is 2.40. The van der Waals surface area contributed by atoms with E-state index in [-0.39, 0.29) is 5.02 Å². The van der Waals surface area contributed by atoms with E-state index in [0.29, 0.717) is 11.3 Å². The van der Waals surface area contributed by atoms with Crippen molar-refractivity contribution in [2.24, 2.45) is 0 Å². The summed E-state index contributed by atoms with van der Waals surface area (Å²) in [7, 11) is 1.29. The number of ether oxygens (including phenoxy) is 1. The number of carbonyl (C=O) groups excluding carboxylic acids is 1. The zero-order valence-electron chi connectivity index (χ0n) is 11.1. The Morgan fingerprint density at radius 2 is 2.05 bits per heavy atom. The molecular formula is C15H12BrClFNO2. The second-order valence-electron chi connectivity index (χ2n) is 4.25. The second-order valence-corrected chi connectivity index (χ2v) is 5.51. The Kier molecular flexibility index (Phi) is 5.20. The average Bonchev–Trinajstić information content (AvgIpc) is 2.46. The van der Waals surface area contributed by atoms with Crippen molar-refractivity contribution in [3.63, 3.8) is 0 Å². The first-order valence-electron chi connectivity index (χ1n) is 6.06. The Morgan fingerprint density at radius 1 is 1.33 bits per heavy atom. The number of hydrogen-bond acceptors (Lipinski definition) is 3. The molecule has 0 amide bonds. The SMILES string of the molecule is COC(=O)C(Nc1ccccc1Br)c1ccc(F)cc1Cl. The summed E-state index contributed by atoms with van der Waals surface area (Å²) in [5, 5.41) is 3.20. The van der Waals surface area contributed by atoms with Gasteiger partial charge in [0.2, 0.25) is 0 Å². The number of rotatable bonds is 4. The predicted molar refractivity (Wildman–Crippen MR) is 83.9 cm³/mol. The van der Waals surface area contributed by atoms with Crippen molar-refractivity contribution in [2.75, 3.05) is 12.4 Å². The molecule has 0 saturated heterocycles. The summed E-state index contributed by atoms with van der Waals surface area (Å²) in [5.74, 6) is -0.979. The summed E-state index contributed by atoms with van der Waals surface area (Å²) in [6.45, 7) is 0. The van der Waals surface area contributed by atoms with Gasteiger partial charge in [-0.1, -0.05) is 29.8 Å². The lowest BCUT2D eigenvalue weighted by atomic mass is 10.1. The summed E-state index contributed by atoms with van der Waals surface area (Å²) >= 11 is 9.42. The largest absolute Gasteiger partial charge is 0.467 e. The summed E-state index contributed by atoms with van der Waals surface area (Å²) in [6.07, 6.45) is 0. The van der Waals surface area contributed by atoms with E-state index in [1.54, 1.807) is 6.07 Å². The third-order valence-corrected chi connectivity index (χ3v) is 3.90. The van der Waals surface area contributed by atoms with Crippen LogP contribution in [-0.4, -0.2) is 13.1 Å². The molecule has 0 heterocycles. The fourth-order valence-corrected chi connectivity index (χ4v) is 2.53. The maximum Gasteiger partial charge on any atom is 0.333 e. The molecule has 1 atom stereocenters. The second kappa shape index (κ2) is 6.91. The minimum atomic E-state index is -0.832. The minimum absolute atomic E-state index is 0.157. The van der Waals surface area contributed by atoms with Gasteiger partial charge in [0, 0.05) is 20.7 Å². The van der Waals surface area contributed by atoms with Crippen LogP contribution in [0.2, 0.25) is 5.02 Å². The Hall–Kier alpha value is -1.59. The highest BCUT2D eigenvalue weighted by Crippen LogP contribution is 2.30. The maximum absolute atomic E-state index is 13.2. The van der Waals surface area contributed by atoms with Gasteiger partial charge in [-0.05, 0) is 40.2 Å². The van der Waals surface area contributed by atoms with E-state index in [4.69, 9.17) is 16.3 Å². The van der Waals surface area contributed by atoms with Crippen LogP contribution in [0.1, 0.15) is 11.6 Å². The van der Waals surface area contributed by atoms with Crippen LogP contribution >= 0.6 is 27.5 Å². The minimum Gasteiger partial charge on any atom is -0.467 e. The van der Waals surface area contributed by atoms with Crippen LogP contribution in [-0.2, 0) is 9.53 Å². The van der Waals surface area contributed by atoms with Crippen LogP contribution in [0.5, 0.6) is 0 Å². The van der Waals surface area contributed by atoms with Gasteiger partial charge >= 0.3 is 5.97 Å². The Morgan fingerprint density at radius 3 is 2.67 bits per heavy atom. The molecule has 110 valence electrons. The van der Waals surface area contributed by atoms with Crippen molar-refractivity contribution in [1.82, 2.24) is 0 Å². The van der Waals surface area contributed by atoms with Crippen molar-refractivity contribution in [2.45, 2.75) is 6.04 Å². The molecule has 21 heavy (non-hydrogen) atoms. The first-order valence-corrected chi connectivity index (χ1v) is 7.24. The lowest BCUT2D eigenvalue weighted by Crippen LogP contribution is -2.23. The first kappa shape index (κ1) is 15.8. The zero-order valence-corrected chi connectivity index (χ0v) is 13.4. The van der Waals surface area contributed by atoms with Crippen molar-refractivity contribution in [3.05, 3.63) is 63.3 Å². The van der Waals surface area contributed by atoms with E-state index in [9.17, 15) is 9.18 Å². The molecule has 0 aliphatic rings. The van der Waals surface area contributed by atoms with E-state index in [2.05, 4.69) is 21.2 Å². The molecule has 2 rings (SSSR count). The number of halogens is 3. The van der Waals surface area contributed by atoms with Crippen molar-refractivity contribution in [1.29, 1.82) is 0 Å². The van der Waals surface area contributed by atoms with Crippen LogP contribution in [0, 0.1) is 5.82 Å². The molecule has 6 heteroatoms. The lowest BCUT2D eigenvalue weighted by molar-refractivity contribution is -0.141. The van der Waals surface area contributed by atoms with Gasteiger partial charge in [-0.15, -0.1) is 0 Å². The lowest BCUT2D eigenvalue weighted by Gasteiger charge is -2.20. The van der Waals surface area contributed by atoms with Gasteiger partial charge < -0.3 is 10.1 Å². The van der Waals surface area contributed by atoms with E-state index in [0.717, 1.165) is 10.5 Å². The number of hydrogen-bond donors (Lipinski definition) is 1. The highest BCUT2D eigenvalue weighted by molar-refractivity contribution is 9.10. The standard InChI is InChI=1S/C15H12BrClFNO2/c1-21-15(20)14(10-7-6-9(18)8-12(10)17)19-13-5-3-2-4-11(13)16/h2-8,14,19H,1H3. The van der Waals surface area contributed by atoms with E-state index < -0.39 is 17.8 Å². The van der Waals surface area contributed by atoms with Gasteiger partial charge in [-0.25, -0.2) is 9.18 Å². The Labute approximate surface area is 135 Å². The molecule has 0 fully saturated rings. The van der Waals surface area contributed by atoms with Crippen LogP contribution in [0.15, 0.2) is 46.9 Å². The zero-order chi connectivity index (χ0) is 15.4. The smallest absolute Gasteiger partial charge is 0.333 e. The third kappa shape index (κ3) is 3.74. The molecule has 0 saturated carbocycles. The first-order chi connectivity index (χ1) is 10.0.